The van der Waals surface area contributed by atoms with Crippen LogP contribution in [0.25, 0.3) is 6.08 Å². The van der Waals surface area contributed by atoms with Crippen molar-refractivity contribution in [3.63, 3.8) is 0 Å². The molecular weight excluding hydrogens is 663 g/mol. The molecule has 2 heterocycles. The van der Waals surface area contributed by atoms with E-state index < -0.39 is 12.0 Å². The molecule has 11 heteroatoms. The van der Waals surface area contributed by atoms with E-state index in [2.05, 4.69) is 20.9 Å². The summed E-state index contributed by atoms with van der Waals surface area (Å²) in [5.41, 5.74) is 2.57. The van der Waals surface area contributed by atoms with E-state index in [9.17, 15) is 14.0 Å². The summed E-state index contributed by atoms with van der Waals surface area (Å²) in [5.74, 6) is 0.620. The summed E-state index contributed by atoms with van der Waals surface area (Å²) in [4.78, 5) is 32.5. The number of esters is 1. The molecule has 234 valence electrons. The van der Waals surface area contributed by atoms with Gasteiger partial charge in [-0.3, -0.25) is 9.36 Å². The third-order valence-corrected chi connectivity index (χ3v) is 8.51. The van der Waals surface area contributed by atoms with Gasteiger partial charge in [-0.15, -0.1) is 0 Å². The Bertz CT molecular complexity index is 1950. The van der Waals surface area contributed by atoms with Crippen LogP contribution in [-0.2, 0) is 16.1 Å². The topological polar surface area (TPSA) is 88.4 Å². The molecule has 0 radical (unpaired) electrons. The zero-order valence-electron chi connectivity index (χ0n) is 25.4. The lowest BCUT2D eigenvalue weighted by Crippen LogP contribution is -2.40. The molecule has 8 nitrogen and oxygen atoms in total. The van der Waals surface area contributed by atoms with Gasteiger partial charge in [-0.2, -0.15) is 0 Å². The van der Waals surface area contributed by atoms with E-state index in [-0.39, 0.29) is 36.3 Å². The summed E-state index contributed by atoms with van der Waals surface area (Å²) < 4.78 is 39.0. The molecule has 0 N–H and O–H groups in total. The van der Waals surface area contributed by atoms with E-state index in [0.717, 1.165) is 5.56 Å². The number of allylic oxidation sites excluding steroid dienone is 1. The molecule has 0 spiro atoms. The van der Waals surface area contributed by atoms with E-state index in [0.29, 0.717) is 47.9 Å². The van der Waals surface area contributed by atoms with Crippen molar-refractivity contribution in [3.05, 3.63) is 119 Å². The minimum atomic E-state index is -0.805. The second-order valence-electron chi connectivity index (χ2n) is 10.5. The van der Waals surface area contributed by atoms with Crippen molar-refractivity contribution in [2.24, 2.45) is 4.99 Å². The van der Waals surface area contributed by atoms with Crippen LogP contribution in [0.15, 0.2) is 86.2 Å². The van der Waals surface area contributed by atoms with Gasteiger partial charge in [0.1, 0.15) is 24.2 Å². The average molecular weight is 696 g/mol. The number of carbonyl (C=O) groups is 1. The van der Waals surface area contributed by atoms with Gasteiger partial charge in [0.05, 0.1) is 40.1 Å². The van der Waals surface area contributed by atoms with E-state index in [4.69, 9.17) is 18.9 Å². The van der Waals surface area contributed by atoms with Crippen molar-refractivity contribution >= 4 is 39.3 Å². The van der Waals surface area contributed by atoms with Gasteiger partial charge in [-0.25, -0.2) is 14.2 Å². The maximum Gasteiger partial charge on any atom is 0.338 e. The molecule has 1 aromatic heterocycles. The molecule has 45 heavy (non-hydrogen) atoms. The molecule has 0 amide bonds. The Kier molecular flexibility index (Phi) is 9.89. The molecule has 4 aromatic rings. The number of thiazole rings is 1. The predicted octanol–water partition coefficient (Wildman–Crippen LogP) is 6.07. The number of hydrogen-bond donors (Lipinski definition) is 0. The molecule has 1 aliphatic rings. The van der Waals surface area contributed by atoms with Crippen LogP contribution < -0.4 is 29.1 Å². The maximum atomic E-state index is 14.1. The third kappa shape index (κ3) is 6.89. The fourth-order valence-electron chi connectivity index (χ4n) is 5.00. The largest absolute Gasteiger partial charge is 0.493 e. The lowest BCUT2D eigenvalue weighted by molar-refractivity contribution is -0.139. The highest BCUT2D eigenvalue weighted by Crippen LogP contribution is 2.38. The standard InChI is InChI=1S/C34H32BrFN2O6S/c1-6-42-33(40)29-20(4)37-34-38(30(29)24-9-7-8-10-26(24)44-19(2)3)32(39)28(45-34)17-22-15-25(35)31(27(16-22)41-5)43-18-21-11-13-23(36)14-12-21/h7-17,19,30H,6,18H2,1-5H3/b28-17+/t30-/m0/s1. The SMILES string of the molecule is CCOC(=O)C1=C(C)N=c2s/c(=C/c3cc(Br)c(OCc4ccc(F)cc4)c(OC)c3)c(=O)n2[C@H]1c1ccccc1OC(C)C. The Morgan fingerprint density at radius 1 is 1.13 bits per heavy atom. The van der Waals surface area contributed by atoms with E-state index in [1.54, 1.807) is 38.1 Å². The summed E-state index contributed by atoms with van der Waals surface area (Å²) in [5, 5.41) is 0. The second-order valence-corrected chi connectivity index (χ2v) is 12.3. The van der Waals surface area contributed by atoms with Crippen LogP contribution in [0.3, 0.4) is 0 Å². The monoisotopic (exact) mass is 694 g/mol. The number of ether oxygens (including phenoxy) is 4. The Hall–Kier alpha value is -4.22. The zero-order valence-corrected chi connectivity index (χ0v) is 27.8. The lowest BCUT2D eigenvalue weighted by atomic mass is 9.95. The minimum Gasteiger partial charge on any atom is -0.493 e. The number of halogens is 2. The van der Waals surface area contributed by atoms with Gasteiger partial charge in [0, 0.05) is 5.56 Å². The molecule has 1 atom stereocenters. The van der Waals surface area contributed by atoms with Gasteiger partial charge in [-0.05, 0) is 91.2 Å². The van der Waals surface area contributed by atoms with Crippen LogP contribution in [0.1, 0.15) is 50.4 Å². The highest BCUT2D eigenvalue weighted by molar-refractivity contribution is 9.10. The number of carbonyl (C=O) groups excluding carboxylic acids is 1. The van der Waals surface area contributed by atoms with Gasteiger partial charge in [0.2, 0.25) is 0 Å². The highest BCUT2D eigenvalue weighted by atomic mass is 79.9. The van der Waals surface area contributed by atoms with Crippen LogP contribution in [-0.4, -0.2) is 30.4 Å². The number of para-hydroxylation sites is 1. The summed E-state index contributed by atoms with van der Waals surface area (Å²) in [6, 6.07) is 16.2. The van der Waals surface area contributed by atoms with Crippen molar-refractivity contribution in [1.82, 2.24) is 4.57 Å². The first-order valence-corrected chi connectivity index (χ1v) is 15.9. The van der Waals surface area contributed by atoms with Crippen molar-refractivity contribution in [2.45, 2.75) is 46.4 Å². The summed E-state index contributed by atoms with van der Waals surface area (Å²) in [6.45, 7) is 7.70. The zero-order chi connectivity index (χ0) is 32.2. The van der Waals surface area contributed by atoms with E-state index in [1.807, 2.05) is 44.2 Å². The van der Waals surface area contributed by atoms with Crippen molar-refractivity contribution in [1.29, 1.82) is 0 Å². The van der Waals surface area contributed by atoms with Gasteiger partial charge >= 0.3 is 5.97 Å². The third-order valence-electron chi connectivity index (χ3n) is 6.94. The molecule has 0 saturated carbocycles. The average Bonchev–Trinajstić information content (AvgIpc) is 3.30. The Morgan fingerprint density at radius 2 is 1.87 bits per heavy atom. The molecular formula is C34H32BrFN2O6S. The molecule has 0 aliphatic carbocycles. The number of aromatic nitrogens is 1. The fraction of sp³-hybridized carbons (Fsp3) is 0.265. The van der Waals surface area contributed by atoms with Crippen molar-refractivity contribution in [3.8, 4) is 17.2 Å². The number of nitrogens with zero attached hydrogens (tertiary/aromatic N) is 2. The van der Waals surface area contributed by atoms with Crippen LogP contribution >= 0.6 is 27.3 Å². The molecule has 0 saturated heterocycles. The molecule has 0 fully saturated rings. The summed E-state index contributed by atoms with van der Waals surface area (Å²) in [7, 11) is 1.53. The van der Waals surface area contributed by atoms with Crippen molar-refractivity contribution in [2.75, 3.05) is 13.7 Å². The number of methoxy groups -OCH3 is 1. The van der Waals surface area contributed by atoms with Gasteiger partial charge in [0.25, 0.3) is 5.56 Å². The van der Waals surface area contributed by atoms with Gasteiger partial charge in [-0.1, -0.05) is 41.7 Å². The number of hydrogen-bond acceptors (Lipinski definition) is 8. The minimum absolute atomic E-state index is 0.130. The van der Waals surface area contributed by atoms with Crippen LogP contribution in [0, 0.1) is 5.82 Å². The first-order chi connectivity index (χ1) is 21.6. The molecule has 0 bridgehead atoms. The quantitative estimate of drug-likeness (QED) is 0.187. The number of fused-ring (bicyclic) bond motifs is 1. The van der Waals surface area contributed by atoms with Crippen LogP contribution in [0.2, 0.25) is 0 Å². The normalized spacial score (nSPS) is 14.7. The van der Waals surface area contributed by atoms with E-state index in [1.165, 1.54) is 35.1 Å². The van der Waals surface area contributed by atoms with Crippen molar-refractivity contribution < 1.29 is 28.1 Å². The van der Waals surface area contributed by atoms with Gasteiger partial charge < -0.3 is 18.9 Å². The van der Waals surface area contributed by atoms with Crippen LogP contribution in [0.5, 0.6) is 17.2 Å². The van der Waals surface area contributed by atoms with Crippen LogP contribution in [0.4, 0.5) is 4.39 Å². The Labute approximate surface area is 272 Å². The van der Waals surface area contributed by atoms with Gasteiger partial charge in [0.15, 0.2) is 16.3 Å². The fourth-order valence-corrected chi connectivity index (χ4v) is 6.62. The highest BCUT2D eigenvalue weighted by Gasteiger charge is 2.35. The molecule has 1 aliphatic heterocycles. The molecule has 3 aromatic carbocycles. The van der Waals surface area contributed by atoms with E-state index >= 15 is 0 Å². The predicted molar refractivity (Wildman–Crippen MR) is 174 cm³/mol. The first kappa shape index (κ1) is 32.2. The molecule has 5 rings (SSSR count). The Balaban J connectivity index is 1.60. The molecule has 0 unspecified atom stereocenters. The first-order valence-electron chi connectivity index (χ1n) is 14.3. The smallest absolute Gasteiger partial charge is 0.338 e. The second kappa shape index (κ2) is 13.8. The number of benzene rings is 3. The summed E-state index contributed by atoms with van der Waals surface area (Å²) >= 11 is 4.79. The number of rotatable bonds is 10. The lowest BCUT2D eigenvalue weighted by Gasteiger charge is -2.26. The summed E-state index contributed by atoms with van der Waals surface area (Å²) in [6.07, 6.45) is 1.62. The Morgan fingerprint density at radius 3 is 2.56 bits per heavy atom. The maximum absolute atomic E-state index is 14.1.